The smallest absolute Gasteiger partial charge is 0.119 e. The van der Waals surface area contributed by atoms with Crippen LogP contribution >= 0.6 is 0 Å². The number of hydrogen-bond donors (Lipinski definition) is 8. The second-order valence-corrected chi connectivity index (χ2v) is 16.2. The van der Waals surface area contributed by atoms with E-state index in [0.29, 0.717) is 66.8 Å². The Morgan fingerprint density at radius 2 is 0.400 bits per heavy atom. The molecule has 9 aromatic rings. The molecule has 8 heteroatoms. The molecule has 8 nitrogen and oxygen atoms in total. The van der Waals surface area contributed by atoms with Gasteiger partial charge in [0.25, 0.3) is 0 Å². The highest BCUT2D eigenvalue weighted by Crippen LogP contribution is 2.32. The summed E-state index contributed by atoms with van der Waals surface area (Å²) in [6.45, 7) is 0. The maximum Gasteiger partial charge on any atom is 0.119 e. The van der Waals surface area contributed by atoms with Crippen LogP contribution in [0, 0.1) is 47.4 Å². The molecule has 0 aliphatic carbocycles. The quantitative estimate of drug-likeness (QED) is 0.0810. The first-order valence-electron chi connectivity index (χ1n) is 21.7. The van der Waals surface area contributed by atoms with E-state index in [4.69, 9.17) is 0 Å². The van der Waals surface area contributed by atoms with Crippen molar-refractivity contribution in [2.45, 2.75) is 0 Å². The normalized spacial score (nSPS) is 10.3. The van der Waals surface area contributed by atoms with Gasteiger partial charge in [0, 0.05) is 63.2 Å². The highest BCUT2D eigenvalue weighted by Gasteiger charge is 2.10. The van der Waals surface area contributed by atoms with Gasteiger partial charge in [-0.05, 0) is 154 Å². The summed E-state index contributed by atoms with van der Waals surface area (Å²) in [4.78, 5) is 0. The predicted molar refractivity (Wildman–Crippen MR) is 271 cm³/mol. The first-order valence-corrected chi connectivity index (χ1v) is 21.7. The molecule has 0 atom stereocenters. The molecule has 9 rings (SSSR count). The number of hydrogen-bond acceptors (Lipinski definition) is 8. The molecule has 9 aromatic carbocycles. The molecule has 0 heterocycles. The summed E-state index contributed by atoms with van der Waals surface area (Å²) in [5, 5.41) is 80.5. The lowest BCUT2D eigenvalue weighted by Crippen LogP contribution is -1.94. The van der Waals surface area contributed by atoms with E-state index in [1.807, 2.05) is 109 Å². The van der Waals surface area contributed by atoms with E-state index in [1.54, 1.807) is 48.5 Å². The minimum atomic E-state index is -0.0560. The van der Waals surface area contributed by atoms with Gasteiger partial charge in [-0.1, -0.05) is 95.9 Å². The van der Waals surface area contributed by atoms with E-state index >= 15 is 0 Å². The molecule has 0 saturated carbocycles. The minimum absolute atomic E-state index is 0.0486. The van der Waals surface area contributed by atoms with E-state index in [0.717, 1.165) is 22.3 Å². The average Bonchev–Trinajstić information content (AvgIpc) is 3.33. The fourth-order valence-electron chi connectivity index (χ4n) is 7.64. The molecule has 0 radical (unpaired) electrons. The van der Waals surface area contributed by atoms with Crippen molar-refractivity contribution in [2.24, 2.45) is 0 Å². The lowest BCUT2D eigenvalue weighted by Gasteiger charge is -2.06. The molecule has 0 amide bonds. The highest BCUT2D eigenvalue weighted by atomic mass is 16.3. The zero-order chi connectivity index (χ0) is 48.7. The maximum absolute atomic E-state index is 10.1. The SMILES string of the molecule is Oc1cc(O)cc(-c2ccc(C#Cc3cc(C#Cc4ccc(-c5cc(O)cc(O)c5)cc4)c(C#Cc4ccc(-c5cc(O)cc(O)c5)cc4)c(C#Cc4ccc(-c5cc(O)cc(O)c5)cc4)c3)cc2)c1. The van der Waals surface area contributed by atoms with Crippen LogP contribution < -0.4 is 0 Å². The topological polar surface area (TPSA) is 162 Å². The number of phenols is 8. The Hall–Kier alpha value is -10.4. The molecule has 0 aliphatic heterocycles. The van der Waals surface area contributed by atoms with Crippen molar-refractivity contribution >= 4 is 0 Å². The van der Waals surface area contributed by atoms with Crippen LogP contribution in [0.15, 0.2) is 182 Å². The Balaban J connectivity index is 1.14. The fraction of sp³-hybridized carbons (Fsp3) is 0. The Kier molecular flexibility index (Phi) is 12.6. The van der Waals surface area contributed by atoms with Gasteiger partial charge >= 0.3 is 0 Å². The number of aromatic hydroxyl groups is 8. The van der Waals surface area contributed by atoms with Crippen LogP contribution in [-0.4, -0.2) is 40.9 Å². The van der Waals surface area contributed by atoms with E-state index in [9.17, 15) is 40.9 Å². The summed E-state index contributed by atoms with van der Waals surface area (Å²) in [5.41, 5.74) is 10.7. The molecule has 0 unspecified atom stereocenters. The summed E-state index contributed by atoms with van der Waals surface area (Å²) in [6, 6.07) is 50.9. The first kappa shape index (κ1) is 44.8. The van der Waals surface area contributed by atoms with Gasteiger partial charge in [-0.3, -0.25) is 0 Å². The molecular formula is C62H38O8. The number of rotatable bonds is 4. The molecule has 0 bridgehead atoms. The van der Waals surface area contributed by atoms with Gasteiger partial charge in [-0.15, -0.1) is 0 Å². The van der Waals surface area contributed by atoms with Crippen molar-refractivity contribution in [3.05, 3.63) is 226 Å². The lowest BCUT2D eigenvalue weighted by molar-refractivity contribution is 0.450. The zero-order valence-corrected chi connectivity index (χ0v) is 36.9. The van der Waals surface area contributed by atoms with Crippen LogP contribution in [0.1, 0.15) is 44.5 Å². The summed E-state index contributed by atoms with van der Waals surface area (Å²) in [5.74, 6) is 25.9. The molecule has 334 valence electrons. The van der Waals surface area contributed by atoms with Crippen molar-refractivity contribution in [1.29, 1.82) is 0 Å². The van der Waals surface area contributed by atoms with Crippen LogP contribution in [0.4, 0.5) is 0 Å². The molecule has 0 aliphatic rings. The molecule has 8 N–H and O–H groups in total. The average molecular weight is 911 g/mol. The molecule has 70 heavy (non-hydrogen) atoms. The van der Waals surface area contributed by atoms with Crippen LogP contribution in [0.3, 0.4) is 0 Å². The van der Waals surface area contributed by atoms with Crippen LogP contribution in [-0.2, 0) is 0 Å². The third-order valence-corrected chi connectivity index (χ3v) is 11.0. The third-order valence-electron chi connectivity index (χ3n) is 11.0. The van der Waals surface area contributed by atoms with Gasteiger partial charge in [0.15, 0.2) is 0 Å². The highest BCUT2D eigenvalue weighted by molar-refractivity contribution is 5.73. The molecule has 0 spiro atoms. The fourth-order valence-corrected chi connectivity index (χ4v) is 7.64. The van der Waals surface area contributed by atoms with Gasteiger partial charge in [0.1, 0.15) is 46.0 Å². The van der Waals surface area contributed by atoms with Gasteiger partial charge in [-0.25, -0.2) is 0 Å². The second-order valence-electron chi connectivity index (χ2n) is 16.2. The van der Waals surface area contributed by atoms with Crippen molar-refractivity contribution in [2.75, 3.05) is 0 Å². The van der Waals surface area contributed by atoms with Gasteiger partial charge in [0.05, 0.1) is 5.56 Å². The van der Waals surface area contributed by atoms with E-state index in [-0.39, 0.29) is 46.0 Å². The summed E-state index contributed by atoms with van der Waals surface area (Å²) < 4.78 is 0. The predicted octanol–water partition coefficient (Wildman–Crippen LogP) is 11.6. The zero-order valence-electron chi connectivity index (χ0n) is 36.9. The monoisotopic (exact) mass is 910 g/mol. The van der Waals surface area contributed by atoms with Crippen molar-refractivity contribution < 1.29 is 40.9 Å². The van der Waals surface area contributed by atoms with Crippen LogP contribution in [0.5, 0.6) is 46.0 Å². The Bertz CT molecular complexity index is 3520. The number of benzene rings is 9. The van der Waals surface area contributed by atoms with Crippen molar-refractivity contribution in [1.82, 2.24) is 0 Å². The van der Waals surface area contributed by atoms with Crippen molar-refractivity contribution in [3.8, 4) is 138 Å². The summed E-state index contributed by atoms with van der Waals surface area (Å²) >= 11 is 0. The van der Waals surface area contributed by atoms with Gasteiger partial charge in [0.2, 0.25) is 0 Å². The van der Waals surface area contributed by atoms with Gasteiger partial charge in [-0.2, -0.15) is 0 Å². The molecular weight excluding hydrogens is 873 g/mol. The standard InChI is InChI=1S/C62H38O8/c63-54-27-50(28-55(64)35-54)44-14-3-39(4-15-44)1-2-43-25-48(22-11-40-5-16-45(17-6-40)51-29-56(65)36-57(66)30-51)62(24-13-42-9-20-47(21-10-42)53-33-60(69)38-61(70)34-53)49(26-43)23-12-41-7-18-46(19-8-41)52-31-58(67)37-59(68)32-52/h3-10,14-21,25-38,63-70H. The van der Waals surface area contributed by atoms with E-state index in [1.165, 1.54) is 24.3 Å². The minimum Gasteiger partial charge on any atom is -0.508 e. The molecule has 0 saturated heterocycles. The van der Waals surface area contributed by atoms with Crippen LogP contribution in [0.2, 0.25) is 0 Å². The third kappa shape index (κ3) is 11.0. The Labute approximate surface area is 403 Å². The van der Waals surface area contributed by atoms with Crippen LogP contribution in [0.25, 0.3) is 44.5 Å². The Morgan fingerprint density at radius 3 is 0.657 bits per heavy atom. The summed E-state index contributed by atoms with van der Waals surface area (Å²) in [7, 11) is 0. The number of phenolic OH excluding ortho intramolecular Hbond substituents is 8. The largest absolute Gasteiger partial charge is 0.508 e. The van der Waals surface area contributed by atoms with E-state index < -0.39 is 0 Å². The maximum atomic E-state index is 10.1. The first-order chi connectivity index (χ1) is 33.8. The van der Waals surface area contributed by atoms with Crippen molar-refractivity contribution in [3.63, 3.8) is 0 Å². The lowest BCUT2D eigenvalue weighted by atomic mass is 9.96. The van der Waals surface area contributed by atoms with E-state index in [2.05, 4.69) is 47.4 Å². The molecule has 0 fully saturated rings. The molecule has 0 aromatic heterocycles. The Morgan fingerprint density at radius 1 is 0.186 bits per heavy atom. The van der Waals surface area contributed by atoms with Gasteiger partial charge < -0.3 is 40.9 Å². The second kappa shape index (κ2) is 19.6. The summed E-state index contributed by atoms with van der Waals surface area (Å²) in [6.07, 6.45) is 0.